The summed E-state index contributed by atoms with van der Waals surface area (Å²) in [6, 6.07) is 2.03. The van der Waals surface area contributed by atoms with Crippen molar-refractivity contribution in [2.24, 2.45) is 0 Å². The number of nitrogens with zero attached hydrogens (tertiary/aromatic N) is 2. The van der Waals surface area contributed by atoms with E-state index in [1.807, 2.05) is 6.07 Å². The zero-order valence-corrected chi connectivity index (χ0v) is 15.0. The molecule has 2 nitrogen and oxygen atoms in total. The van der Waals surface area contributed by atoms with E-state index in [0.29, 0.717) is 5.82 Å². The summed E-state index contributed by atoms with van der Waals surface area (Å²) < 4.78 is 0. The maximum Gasteiger partial charge on any atom is 0.206 e. The molecular formula is C21H30N2. The molecule has 0 radical (unpaired) electrons. The molecule has 0 fully saturated rings. The normalized spacial score (nSPS) is 9.70. The van der Waals surface area contributed by atoms with Crippen LogP contribution in [0.1, 0.15) is 95.8 Å². The predicted octanol–water partition coefficient (Wildman–Crippen LogP) is 5.29. The van der Waals surface area contributed by atoms with Crippen LogP contribution in [0, 0.1) is 23.7 Å². The highest BCUT2D eigenvalue weighted by Crippen LogP contribution is 2.07. The Morgan fingerprint density at radius 3 is 2.09 bits per heavy atom. The van der Waals surface area contributed by atoms with E-state index in [4.69, 9.17) is 0 Å². The van der Waals surface area contributed by atoms with Gasteiger partial charge in [0.1, 0.15) is 5.69 Å². The van der Waals surface area contributed by atoms with Gasteiger partial charge in [-0.2, -0.15) is 0 Å². The summed E-state index contributed by atoms with van der Waals surface area (Å²) in [6.07, 6.45) is 11.1. The third kappa shape index (κ3) is 9.04. The second-order valence-electron chi connectivity index (χ2n) is 5.84. The monoisotopic (exact) mass is 310 g/mol. The molecule has 0 saturated heterocycles. The highest BCUT2D eigenvalue weighted by molar-refractivity contribution is 5.33. The molecule has 1 aromatic rings. The number of aromatic nitrogens is 2. The van der Waals surface area contributed by atoms with Crippen LogP contribution >= 0.6 is 0 Å². The third-order valence-corrected chi connectivity index (χ3v) is 3.54. The van der Waals surface area contributed by atoms with Crippen LogP contribution in [0.15, 0.2) is 6.07 Å². The van der Waals surface area contributed by atoms with Gasteiger partial charge in [-0.1, -0.05) is 58.3 Å². The van der Waals surface area contributed by atoms with Crippen molar-refractivity contribution in [3.05, 3.63) is 23.3 Å². The Kier molecular flexibility index (Phi) is 10.6. The summed E-state index contributed by atoms with van der Waals surface area (Å²) in [5.41, 5.74) is 1.90. The topological polar surface area (TPSA) is 25.8 Å². The predicted molar refractivity (Wildman–Crippen MR) is 98.1 cm³/mol. The van der Waals surface area contributed by atoms with Gasteiger partial charge in [0.25, 0.3) is 0 Å². The van der Waals surface area contributed by atoms with Gasteiger partial charge in [0.05, 0.1) is 0 Å². The number of aryl methyl sites for hydroxylation is 1. The number of hydrogen-bond acceptors (Lipinski definition) is 2. The van der Waals surface area contributed by atoms with Crippen LogP contribution in [0.4, 0.5) is 0 Å². The lowest BCUT2D eigenvalue weighted by molar-refractivity contribution is 0.704. The third-order valence-electron chi connectivity index (χ3n) is 3.54. The molecule has 0 saturated carbocycles. The van der Waals surface area contributed by atoms with Crippen molar-refractivity contribution in [2.75, 3.05) is 0 Å². The lowest BCUT2D eigenvalue weighted by atomic mass is 10.1. The van der Waals surface area contributed by atoms with Crippen LogP contribution in [0.3, 0.4) is 0 Å². The summed E-state index contributed by atoms with van der Waals surface area (Å²) in [7, 11) is 0. The molecule has 0 bridgehead atoms. The molecule has 0 spiro atoms. The Morgan fingerprint density at radius 2 is 1.43 bits per heavy atom. The molecule has 0 amide bonds. The van der Waals surface area contributed by atoms with Gasteiger partial charge in [-0.3, -0.25) is 0 Å². The van der Waals surface area contributed by atoms with Crippen molar-refractivity contribution in [3.63, 3.8) is 0 Å². The Balaban J connectivity index is 2.85. The average Bonchev–Trinajstić information content (AvgIpc) is 2.56. The minimum atomic E-state index is 0.634. The smallest absolute Gasteiger partial charge is 0.206 e. The van der Waals surface area contributed by atoms with Crippen molar-refractivity contribution in [1.29, 1.82) is 0 Å². The van der Waals surface area contributed by atoms with Crippen molar-refractivity contribution in [3.8, 4) is 23.7 Å². The van der Waals surface area contributed by atoms with Gasteiger partial charge in [0.15, 0.2) is 0 Å². The van der Waals surface area contributed by atoms with E-state index in [2.05, 4.69) is 54.4 Å². The lowest BCUT2D eigenvalue weighted by Gasteiger charge is -2.02. The SMILES string of the molecule is CCCCC#Cc1cc(CCCCC)nc(C#CCCCC)n1. The van der Waals surface area contributed by atoms with E-state index >= 15 is 0 Å². The number of hydrogen-bond donors (Lipinski definition) is 0. The molecule has 1 rings (SSSR count). The Morgan fingerprint density at radius 1 is 0.783 bits per heavy atom. The molecule has 0 aliphatic rings. The highest BCUT2D eigenvalue weighted by atomic mass is 14.9. The zero-order valence-electron chi connectivity index (χ0n) is 15.0. The summed E-state index contributed by atoms with van der Waals surface area (Å²) in [6.45, 7) is 6.58. The van der Waals surface area contributed by atoms with Gasteiger partial charge in [-0.25, -0.2) is 9.97 Å². The van der Waals surface area contributed by atoms with Gasteiger partial charge in [-0.05, 0) is 43.6 Å². The summed E-state index contributed by atoms with van der Waals surface area (Å²) in [5.74, 6) is 13.3. The first-order valence-corrected chi connectivity index (χ1v) is 9.15. The standard InChI is InChI=1S/C21H30N2/c1-4-7-10-13-16-20-18-19(15-12-9-6-3)22-21(23-20)17-14-11-8-5-2/h18H,4-12,15H2,1-3H3. The second-order valence-corrected chi connectivity index (χ2v) is 5.84. The van der Waals surface area contributed by atoms with Gasteiger partial charge < -0.3 is 0 Å². The molecule has 0 aliphatic heterocycles. The van der Waals surface area contributed by atoms with E-state index in [9.17, 15) is 0 Å². The number of unbranched alkanes of at least 4 members (excludes halogenated alkanes) is 6. The van der Waals surface area contributed by atoms with Crippen LogP contribution in [-0.4, -0.2) is 9.97 Å². The van der Waals surface area contributed by atoms with Crippen LogP contribution in [0.5, 0.6) is 0 Å². The molecule has 0 aliphatic carbocycles. The average molecular weight is 310 g/mol. The fourth-order valence-electron chi connectivity index (χ4n) is 2.13. The van der Waals surface area contributed by atoms with Gasteiger partial charge in [0.2, 0.25) is 5.82 Å². The first-order chi connectivity index (χ1) is 11.3. The van der Waals surface area contributed by atoms with Crippen molar-refractivity contribution in [1.82, 2.24) is 9.97 Å². The molecule has 2 heteroatoms. The summed E-state index contributed by atoms with van der Waals surface area (Å²) in [4.78, 5) is 9.09. The van der Waals surface area contributed by atoms with Crippen LogP contribution < -0.4 is 0 Å². The Hall–Kier alpha value is -1.80. The highest BCUT2D eigenvalue weighted by Gasteiger charge is 2.02. The van der Waals surface area contributed by atoms with E-state index < -0.39 is 0 Å². The summed E-state index contributed by atoms with van der Waals surface area (Å²) >= 11 is 0. The molecule has 124 valence electrons. The van der Waals surface area contributed by atoms with Crippen molar-refractivity contribution in [2.45, 2.75) is 85.0 Å². The largest absolute Gasteiger partial charge is 0.226 e. The van der Waals surface area contributed by atoms with E-state index in [-0.39, 0.29) is 0 Å². The van der Waals surface area contributed by atoms with Crippen LogP contribution in [0.25, 0.3) is 0 Å². The molecule has 0 N–H and O–H groups in total. The minimum Gasteiger partial charge on any atom is -0.226 e. The second kappa shape index (κ2) is 12.7. The maximum absolute atomic E-state index is 4.59. The first-order valence-electron chi connectivity index (χ1n) is 9.15. The Bertz CT molecular complexity index is 523. The van der Waals surface area contributed by atoms with Crippen LogP contribution in [-0.2, 0) is 6.42 Å². The molecule has 0 aromatic carbocycles. The van der Waals surface area contributed by atoms with E-state index in [1.54, 1.807) is 0 Å². The first kappa shape index (κ1) is 19.2. The fourth-order valence-corrected chi connectivity index (χ4v) is 2.13. The van der Waals surface area contributed by atoms with E-state index in [0.717, 1.165) is 43.5 Å². The molecule has 1 aromatic heterocycles. The molecule has 1 heterocycles. The zero-order chi connectivity index (χ0) is 16.8. The number of rotatable bonds is 8. The van der Waals surface area contributed by atoms with Gasteiger partial charge >= 0.3 is 0 Å². The van der Waals surface area contributed by atoms with E-state index in [1.165, 1.54) is 32.1 Å². The molecule has 23 heavy (non-hydrogen) atoms. The molecule has 0 atom stereocenters. The molecule has 0 unspecified atom stereocenters. The molecular weight excluding hydrogens is 280 g/mol. The van der Waals surface area contributed by atoms with Crippen LogP contribution in [0.2, 0.25) is 0 Å². The summed E-state index contributed by atoms with van der Waals surface area (Å²) in [5, 5.41) is 0. The lowest BCUT2D eigenvalue weighted by Crippen LogP contribution is -1.99. The van der Waals surface area contributed by atoms with Gasteiger partial charge in [0, 0.05) is 18.5 Å². The van der Waals surface area contributed by atoms with Gasteiger partial charge in [-0.15, -0.1) is 0 Å². The quantitative estimate of drug-likeness (QED) is 0.481. The van der Waals surface area contributed by atoms with Crippen molar-refractivity contribution < 1.29 is 0 Å². The minimum absolute atomic E-state index is 0.634. The Labute approximate surface area is 142 Å². The fraction of sp³-hybridized carbons (Fsp3) is 0.619. The maximum atomic E-state index is 4.59. The van der Waals surface area contributed by atoms with Crippen molar-refractivity contribution >= 4 is 0 Å².